The van der Waals surface area contributed by atoms with Gasteiger partial charge < -0.3 is 10.6 Å². The van der Waals surface area contributed by atoms with Crippen molar-refractivity contribution in [3.8, 4) is 0 Å². The molecule has 3 nitrogen and oxygen atoms in total. The first-order chi connectivity index (χ1) is 9.74. The fraction of sp³-hybridized carbons (Fsp3) is 0.588. The van der Waals surface area contributed by atoms with E-state index in [2.05, 4.69) is 29.7 Å². The lowest BCUT2D eigenvalue weighted by atomic mass is 9.97. The number of benzene rings is 1. The first-order valence-electron chi connectivity index (χ1n) is 7.85. The van der Waals surface area contributed by atoms with Crippen molar-refractivity contribution in [1.29, 1.82) is 0 Å². The highest BCUT2D eigenvalue weighted by Crippen LogP contribution is 2.30. The third-order valence-corrected chi connectivity index (χ3v) is 4.92. The molecule has 2 unspecified atom stereocenters. The molecule has 0 aromatic heterocycles. The molecule has 1 aromatic carbocycles. The van der Waals surface area contributed by atoms with Crippen molar-refractivity contribution in [2.45, 2.75) is 39.2 Å². The van der Waals surface area contributed by atoms with Crippen LogP contribution in [-0.2, 0) is 13.0 Å². The largest absolute Gasteiger partial charge is 0.352 e. The predicted octanol–water partition coefficient (Wildman–Crippen LogP) is 2.50. The summed E-state index contributed by atoms with van der Waals surface area (Å²) >= 11 is 0. The van der Waals surface area contributed by atoms with Gasteiger partial charge in [0.25, 0.3) is 5.91 Å². The molecule has 0 bridgehead atoms. The lowest BCUT2D eigenvalue weighted by molar-refractivity contribution is 0.0944. The quantitative estimate of drug-likeness (QED) is 0.887. The molecule has 108 valence electrons. The summed E-state index contributed by atoms with van der Waals surface area (Å²) in [5, 5.41) is 6.48. The zero-order valence-corrected chi connectivity index (χ0v) is 12.2. The Morgan fingerprint density at radius 3 is 3.05 bits per heavy atom. The van der Waals surface area contributed by atoms with Gasteiger partial charge in [-0.3, -0.25) is 4.79 Å². The summed E-state index contributed by atoms with van der Waals surface area (Å²) in [6.45, 7) is 5.05. The number of fused-ring (bicyclic) bond motifs is 1. The number of nitrogens with one attached hydrogen (secondary N) is 2. The highest BCUT2D eigenvalue weighted by atomic mass is 16.1. The van der Waals surface area contributed by atoms with E-state index in [0.717, 1.165) is 37.5 Å². The molecular weight excluding hydrogens is 248 g/mol. The van der Waals surface area contributed by atoms with Crippen LogP contribution in [0.3, 0.4) is 0 Å². The van der Waals surface area contributed by atoms with Crippen molar-refractivity contribution in [3.63, 3.8) is 0 Å². The van der Waals surface area contributed by atoms with Crippen LogP contribution in [0.4, 0.5) is 0 Å². The minimum Gasteiger partial charge on any atom is -0.352 e. The lowest BCUT2D eigenvalue weighted by Gasteiger charge is -2.19. The highest BCUT2D eigenvalue weighted by molar-refractivity contribution is 5.94. The van der Waals surface area contributed by atoms with Gasteiger partial charge in [0.1, 0.15) is 0 Å². The summed E-state index contributed by atoms with van der Waals surface area (Å²) in [5.74, 6) is 1.50. The van der Waals surface area contributed by atoms with Crippen molar-refractivity contribution < 1.29 is 4.79 Å². The lowest BCUT2D eigenvalue weighted by Crippen LogP contribution is -2.31. The van der Waals surface area contributed by atoms with E-state index >= 15 is 0 Å². The SMILES string of the molecule is CC1CCCC1CNC(=O)c1ccc2c(c1)CNCC2. The zero-order chi connectivity index (χ0) is 13.9. The fourth-order valence-electron chi connectivity index (χ4n) is 3.47. The number of amides is 1. The Morgan fingerprint density at radius 1 is 1.35 bits per heavy atom. The van der Waals surface area contributed by atoms with Gasteiger partial charge in [-0.15, -0.1) is 0 Å². The molecule has 1 aliphatic heterocycles. The Hall–Kier alpha value is -1.35. The topological polar surface area (TPSA) is 41.1 Å². The second kappa shape index (κ2) is 5.96. The Labute approximate surface area is 121 Å². The molecule has 0 spiro atoms. The van der Waals surface area contributed by atoms with Crippen LogP contribution in [0.1, 0.15) is 47.7 Å². The smallest absolute Gasteiger partial charge is 0.251 e. The molecule has 3 rings (SSSR count). The van der Waals surface area contributed by atoms with Crippen LogP contribution >= 0.6 is 0 Å². The summed E-state index contributed by atoms with van der Waals surface area (Å²) in [5.41, 5.74) is 3.46. The maximum absolute atomic E-state index is 12.3. The summed E-state index contributed by atoms with van der Waals surface area (Å²) in [7, 11) is 0. The Kier molecular flexibility index (Phi) is 4.06. The zero-order valence-electron chi connectivity index (χ0n) is 12.2. The second-order valence-corrected chi connectivity index (χ2v) is 6.29. The average molecular weight is 272 g/mol. The number of carbonyl (C=O) groups excluding carboxylic acids is 1. The van der Waals surface area contributed by atoms with Crippen LogP contribution in [0.25, 0.3) is 0 Å². The van der Waals surface area contributed by atoms with E-state index < -0.39 is 0 Å². The van der Waals surface area contributed by atoms with Crippen molar-refractivity contribution in [1.82, 2.24) is 10.6 Å². The number of carbonyl (C=O) groups is 1. The van der Waals surface area contributed by atoms with Gasteiger partial charge in [-0.05, 0) is 54.5 Å². The maximum atomic E-state index is 12.3. The second-order valence-electron chi connectivity index (χ2n) is 6.29. The van der Waals surface area contributed by atoms with E-state index in [1.54, 1.807) is 0 Å². The number of rotatable bonds is 3. The van der Waals surface area contributed by atoms with E-state index in [-0.39, 0.29) is 5.91 Å². The van der Waals surface area contributed by atoms with Crippen molar-refractivity contribution in [2.24, 2.45) is 11.8 Å². The molecule has 2 N–H and O–H groups in total. The van der Waals surface area contributed by atoms with Gasteiger partial charge in [0, 0.05) is 18.7 Å². The van der Waals surface area contributed by atoms with Gasteiger partial charge in [0.15, 0.2) is 0 Å². The van der Waals surface area contributed by atoms with E-state index in [1.165, 1.54) is 30.4 Å². The van der Waals surface area contributed by atoms with Crippen LogP contribution < -0.4 is 10.6 Å². The van der Waals surface area contributed by atoms with Crippen molar-refractivity contribution >= 4 is 5.91 Å². The van der Waals surface area contributed by atoms with Gasteiger partial charge in [0.05, 0.1) is 0 Å². The van der Waals surface area contributed by atoms with Crippen LogP contribution in [0, 0.1) is 11.8 Å². The van der Waals surface area contributed by atoms with E-state index in [0.29, 0.717) is 5.92 Å². The van der Waals surface area contributed by atoms with E-state index in [1.807, 2.05) is 6.07 Å². The molecule has 1 aliphatic carbocycles. The average Bonchev–Trinajstić information content (AvgIpc) is 2.89. The standard InChI is InChI=1S/C17H24N2O/c1-12-3-2-4-15(12)11-19-17(20)14-6-5-13-7-8-18-10-16(13)9-14/h5-6,9,12,15,18H,2-4,7-8,10-11H2,1H3,(H,19,20). The van der Waals surface area contributed by atoms with Gasteiger partial charge >= 0.3 is 0 Å². The summed E-state index contributed by atoms with van der Waals surface area (Å²) in [4.78, 5) is 12.3. The Balaban J connectivity index is 1.62. The maximum Gasteiger partial charge on any atom is 0.251 e. The molecule has 1 saturated carbocycles. The molecule has 1 fully saturated rings. The third-order valence-electron chi connectivity index (χ3n) is 4.92. The van der Waals surface area contributed by atoms with Crippen LogP contribution in [-0.4, -0.2) is 19.0 Å². The van der Waals surface area contributed by atoms with Crippen LogP contribution in [0.5, 0.6) is 0 Å². The summed E-state index contributed by atoms with van der Waals surface area (Å²) in [6.07, 6.45) is 4.95. The summed E-state index contributed by atoms with van der Waals surface area (Å²) < 4.78 is 0. The minimum absolute atomic E-state index is 0.0810. The monoisotopic (exact) mass is 272 g/mol. The molecule has 2 atom stereocenters. The molecule has 3 heteroatoms. The molecule has 2 aliphatic rings. The number of hydrogen-bond acceptors (Lipinski definition) is 2. The molecular formula is C17H24N2O. The first-order valence-corrected chi connectivity index (χ1v) is 7.85. The summed E-state index contributed by atoms with van der Waals surface area (Å²) in [6, 6.07) is 6.13. The minimum atomic E-state index is 0.0810. The molecule has 1 aromatic rings. The molecule has 1 amide bonds. The Morgan fingerprint density at radius 2 is 2.25 bits per heavy atom. The molecule has 0 saturated heterocycles. The molecule has 0 radical (unpaired) electrons. The van der Waals surface area contributed by atoms with Gasteiger partial charge in [-0.2, -0.15) is 0 Å². The Bertz CT molecular complexity index is 498. The molecule has 1 heterocycles. The number of hydrogen-bond donors (Lipinski definition) is 2. The van der Waals surface area contributed by atoms with E-state index in [9.17, 15) is 4.79 Å². The molecule has 20 heavy (non-hydrogen) atoms. The van der Waals surface area contributed by atoms with E-state index in [4.69, 9.17) is 0 Å². The first kappa shape index (κ1) is 13.6. The van der Waals surface area contributed by atoms with Crippen molar-refractivity contribution in [3.05, 3.63) is 34.9 Å². The van der Waals surface area contributed by atoms with Gasteiger partial charge in [-0.1, -0.05) is 25.8 Å². The normalized spacial score (nSPS) is 25.2. The van der Waals surface area contributed by atoms with Gasteiger partial charge in [0.2, 0.25) is 0 Å². The third kappa shape index (κ3) is 2.88. The fourth-order valence-corrected chi connectivity index (χ4v) is 3.47. The highest BCUT2D eigenvalue weighted by Gasteiger charge is 2.23. The predicted molar refractivity (Wildman–Crippen MR) is 80.7 cm³/mol. The van der Waals surface area contributed by atoms with Crippen LogP contribution in [0.15, 0.2) is 18.2 Å². The van der Waals surface area contributed by atoms with Gasteiger partial charge in [-0.25, -0.2) is 0 Å². The van der Waals surface area contributed by atoms with Crippen molar-refractivity contribution in [2.75, 3.05) is 13.1 Å². The van der Waals surface area contributed by atoms with Crippen LogP contribution in [0.2, 0.25) is 0 Å².